The zero-order valence-corrected chi connectivity index (χ0v) is 9.72. The van der Waals surface area contributed by atoms with E-state index in [1.54, 1.807) is 0 Å². The summed E-state index contributed by atoms with van der Waals surface area (Å²) < 4.78 is 0. The molecule has 76 valence electrons. The van der Waals surface area contributed by atoms with Crippen molar-refractivity contribution in [1.82, 2.24) is 0 Å². The highest BCUT2D eigenvalue weighted by Crippen LogP contribution is 2.27. The van der Waals surface area contributed by atoms with Crippen LogP contribution >= 0.6 is 0 Å². The summed E-state index contributed by atoms with van der Waals surface area (Å²) >= 11 is 0. The van der Waals surface area contributed by atoms with E-state index in [1.807, 2.05) is 0 Å². The third-order valence-corrected chi connectivity index (χ3v) is 2.55. The molecule has 0 saturated carbocycles. The van der Waals surface area contributed by atoms with Gasteiger partial charge in [-0.3, -0.25) is 0 Å². The zero-order chi connectivity index (χ0) is 10.6. The molecule has 0 saturated heterocycles. The molecule has 1 aliphatic carbocycles. The normalized spacial score (nSPS) is 16.6. The lowest BCUT2D eigenvalue weighted by atomic mass is 9.90. The van der Waals surface area contributed by atoms with Crippen molar-refractivity contribution in [3.8, 4) is 0 Å². The second-order valence-corrected chi connectivity index (χ2v) is 4.00. The van der Waals surface area contributed by atoms with Crippen molar-refractivity contribution in [2.45, 2.75) is 40.5 Å². The first-order valence-corrected chi connectivity index (χ1v) is 5.34. The van der Waals surface area contributed by atoms with Crippen LogP contribution in [-0.2, 0) is 0 Å². The highest BCUT2D eigenvalue weighted by Gasteiger charge is 2.08. The Morgan fingerprint density at radius 1 is 1.21 bits per heavy atom. The molecule has 0 heterocycles. The fourth-order valence-electron chi connectivity index (χ4n) is 1.81. The van der Waals surface area contributed by atoms with Gasteiger partial charge in [0.1, 0.15) is 0 Å². The van der Waals surface area contributed by atoms with Crippen LogP contribution in [-0.4, -0.2) is 0 Å². The fourth-order valence-corrected chi connectivity index (χ4v) is 1.81. The molecular formula is C14H20. The van der Waals surface area contributed by atoms with Gasteiger partial charge in [0.05, 0.1) is 0 Å². The van der Waals surface area contributed by atoms with E-state index in [9.17, 15) is 0 Å². The van der Waals surface area contributed by atoms with Crippen molar-refractivity contribution in [3.05, 3.63) is 46.6 Å². The summed E-state index contributed by atoms with van der Waals surface area (Å²) in [4.78, 5) is 0. The molecule has 0 N–H and O–H groups in total. The quantitative estimate of drug-likeness (QED) is 0.557. The van der Waals surface area contributed by atoms with E-state index in [1.165, 1.54) is 35.1 Å². The fraction of sp³-hybridized carbons (Fsp3) is 0.429. The Morgan fingerprint density at radius 3 is 2.36 bits per heavy atom. The Bertz CT molecular complexity index is 318. The average molecular weight is 188 g/mol. The van der Waals surface area contributed by atoms with Crippen LogP contribution in [0.3, 0.4) is 0 Å². The highest BCUT2D eigenvalue weighted by molar-refractivity contribution is 5.53. The van der Waals surface area contributed by atoms with Gasteiger partial charge in [-0.1, -0.05) is 29.9 Å². The van der Waals surface area contributed by atoms with Gasteiger partial charge < -0.3 is 0 Å². The molecule has 0 heteroatoms. The standard InChI is InChI=1S/C14H20/c1-5-8-13(11(2)3)14-10-7-6-9-12(14)4/h5,8-10H,6-7H2,1-4H3/b8-5-. The van der Waals surface area contributed by atoms with E-state index in [0.717, 1.165) is 0 Å². The molecule has 0 aromatic carbocycles. The maximum absolute atomic E-state index is 2.36. The van der Waals surface area contributed by atoms with Gasteiger partial charge in [-0.15, -0.1) is 0 Å². The molecule has 0 bridgehead atoms. The first-order valence-electron chi connectivity index (χ1n) is 5.34. The molecule has 0 amide bonds. The molecule has 0 aromatic rings. The van der Waals surface area contributed by atoms with Gasteiger partial charge in [-0.25, -0.2) is 0 Å². The van der Waals surface area contributed by atoms with Crippen molar-refractivity contribution in [1.29, 1.82) is 0 Å². The predicted molar refractivity (Wildman–Crippen MR) is 64.3 cm³/mol. The number of hydrogen-bond donors (Lipinski definition) is 0. The summed E-state index contributed by atoms with van der Waals surface area (Å²) in [6, 6.07) is 0. The molecule has 0 radical (unpaired) electrons. The second kappa shape index (κ2) is 4.99. The molecule has 14 heavy (non-hydrogen) atoms. The van der Waals surface area contributed by atoms with Crippen LogP contribution in [0.4, 0.5) is 0 Å². The summed E-state index contributed by atoms with van der Waals surface area (Å²) in [7, 11) is 0. The molecule has 1 rings (SSSR count). The van der Waals surface area contributed by atoms with Crippen LogP contribution in [0.25, 0.3) is 0 Å². The van der Waals surface area contributed by atoms with Gasteiger partial charge in [0.2, 0.25) is 0 Å². The highest BCUT2D eigenvalue weighted by atomic mass is 14.1. The van der Waals surface area contributed by atoms with Crippen LogP contribution in [0.1, 0.15) is 40.5 Å². The van der Waals surface area contributed by atoms with Gasteiger partial charge in [0, 0.05) is 0 Å². The lowest BCUT2D eigenvalue weighted by Gasteiger charge is -2.15. The summed E-state index contributed by atoms with van der Waals surface area (Å²) in [6.45, 7) is 8.64. The number of allylic oxidation sites excluding steroid dienone is 8. The Labute approximate surface area is 87.7 Å². The Hall–Kier alpha value is -1.04. The number of rotatable bonds is 2. The molecule has 0 unspecified atom stereocenters. The minimum Gasteiger partial charge on any atom is -0.0870 e. The summed E-state index contributed by atoms with van der Waals surface area (Å²) in [5.41, 5.74) is 5.63. The van der Waals surface area contributed by atoms with Crippen LogP contribution in [0.5, 0.6) is 0 Å². The third kappa shape index (κ3) is 2.47. The molecule has 0 fully saturated rings. The number of hydrogen-bond acceptors (Lipinski definition) is 0. The Kier molecular flexibility index (Phi) is 3.94. The van der Waals surface area contributed by atoms with Crippen molar-refractivity contribution in [3.63, 3.8) is 0 Å². The van der Waals surface area contributed by atoms with E-state index >= 15 is 0 Å². The lowest BCUT2D eigenvalue weighted by Crippen LogP contribution is -1.96. The molecule has 0 atom stereocenters. The van der Waals surface area contributed by atoms with E-state index in [0.29, 0.717) is 0 Å². The smallest absolute Gasteiger partial charge is 0.0199 e. The van der Waals surface area contributed by atoms with E-state index < -0.39 is 0 Å². The molecule has 0 spiro atoms. The minimum atomic E-state index is 1.18. The topological polar surface area (TPSA) is 0 Å². The van der Waals surface area contributed by atoms with Crippen molar-refractivity contribution in [2.75, 3.05) is 0 Å². The summed E-state index contributed by atoms with van der Waals surface area (Å²) in [5.74, 6) is 0. The van der Waals surface area contributed by atoms with Crippen molar-refractivity contribution >= 4 is 0 Å². The van der Waals surface area contributed by atoms with Gasteiger partial charge in [0.15, 0.2) is 0 Å². The molecule has 0 aromatic heterocycles. The largest absolute Gasteiger partial charge is 0.0870 e. The van der Waals surface area contributed by atoms with Crippen molar-refractivity contribution in [2.24, 2.45) is 0 Å². The van der Waals surface area contributed by atoms with Crippen LogP contribution < -0.4 is 0 Å². The van der Waals surface area contributed by atoms with Crippen LogP contribution in [0, 0.1) is 0 Å². The second-order valence-electron chi connectivity index (χ2n) is 4.00. The third-order valence-electron chi connectivity index (χ3n) is 2.55. The zero-order valence-electron chi connectivity index (χ0n) is 9.72. The minimum absolute atomic E-state index is 1.18. The first-order chi connectivity index (χ1) is 6.66. The molecule has 1 aliphatic rings. The SMILES string of the molecule is C/C=C\C(C1=CCCC=C1C)=C(C)C. The van der Waals surface area contributed by atoms with Gasteiger partial charge in [-0.2, -0.15) is 0 Å². The Balaban J connectivity index is 3.07. The lowest BCUT2D eigenvalue weighted by molar-refractivity contribution is 0.993. The van der Waals surface area contributed by atoms with Gasteiger partial charge in [0.25, 0.3) is 0 Å². The van der Waals surface area contributed by atoms with Gasteiger partial charge >= 0.3 is 0 Å². The van der Waals surface area contributed by atoms with Crippen LogP contribution in [0.15, 0.2) is 46.6 Å². The average Bonchev–Trinajstić information content (AvgIpc) is 2.15. The van der Waals surface area contributed by atoms with E-state index in [4.69, 9.17) is 0 Å². The monoisotopic (exact) mass is 188 g/mol. The summed E-state index contributed by atoms with van der Waals surface area (Å²) in [6.07, 6.45) is 11.4. The maximum Gasteiger partial charge on any atom is -0.0199 e. The Morgan fingerprint density at radius 2 is 1.86 bits per heavy atom. The van der Waals surface area contributed by atoms with Gasteiger partial charge in [-0.05, 0) is 57.3 Å². The molecule has 0 aliphatic heterocycles. The predicted octanol–water partition coefficient (Wildman–Crippen LogP) is 4.57. The first kappa shape index (κ1) is 11.0. The maximum atomic E-state index is 2.36. The van der Waals surface area contributed by atoms with Crippen LogP contribution in [0.2, 0.25) is 0 Å². The van der Waals surface area contributed by atoms with E-state index in [2.05, 4.69) is 52.0 Å². The molecular weight excluding hydrogens is 168 g/mol. The van der Waals surface area contributed by atoms with E-state index in [-0.39, 0.29) is 0 Å². The molecule has 0 nitrogen and oxygen atoms in total. The summed E-state index contributed by atoms with van der Waals surface area (Å²) in [5, 5.41) is 0. The van der Waals surface area contributed by atoms with Crippen molar-refractivity contribution < 1.29 is 0 Å².